The van der Waals surface area contributed by atoms with Gasteiger partial charge in [0.25, 0.3) is 0 Å². The standard InChI is InChI=1S/C19H12GeN3/c1-19-14-8-9-20-18(19)23-13-7-3-5-11-16(13)17(19)15-10(21-11)4-2-6-12(15)22-14/h2-9,22H,1H3. The molecule has 1 radical (unpaired) electrons. The molecule has 1 N–H and O–H groups in total. The van der Waals surface area contributed by atoms with E-state index >= 15 is 0 Å². The van der Waals surface area contributed by atoms with E-state index in [0.717, 1.165) is 16.7 Å². The Hall–Kier alpha value is -2.27. The second-order valence-electron chi connectivity index (χ2n) is 6.46. The van der Waals surface area contributed by atoms with Crippen molar-refractivity contribution in [1.29, 1.82) is 0 Å². The van der Waals surface area contributed by atoms with E-state index in [1.807, 2.05) is 0 Å². The van der Waals surface area contributed by atoms with Crippen molar-refractivity contribution in [1.82, 2.24) is 4.98 Å². The van der Waals surface area contributed by atoms with Crippen molar-refractivity contribution in [2.24, 2.45) is 4.99 Å². The van der Waals surface area contributed by atoms with Gasteiger partial charge >= 0.3 is 139 Å². The van der Waals surface area contributed by atoms with Crippen LogP contribution in [0.4, 0.5) is 11.4 Å². The summed E-state index contributed by atoms with van der Waals surface area (Å²) in [5, 5.41) is 6.16. The van der Waals surface area contributed by atoms with Crippen molar-refractivity contribution >= 4 is 57.6 Å². The summed E-state index contributed by atoms with van der Waals surface area (Å²) < 4.78 is 1.35. The van der Waals surface area contributed by atoms with Gasteiger partial charge in [-0.05, 0) is 0 Å². The Morgan fingerprint density at radius 2 is 1.87 bits per heavy atom. The molecule has 2 aromatic carbocycles. The molecule has 0 spiro atoms. The fourth-order valence-corrected chi connectivity index (χ4v) is 6.59. The van der Waals surface area contributed by atoms with Crippen LogP contribution < -0.4 is 5.32 Å². The summed E-state index contributed by atoms with van der Waals surface area (Å²) in [7, 11) is 0. The number of nitrogens with zero attached hydrogens (tertiary/aromatic N) is 2. The Labute approximate surface area is 139 Å². The minimum absolute atomic E-state index is 0.114. The predicted molar refractivity (Wildman–Crippen MR) is 97.2 cm³/mol. The van der Waals surface area contributed by atoms with Gasteiger partial charge in [-0.25, -0.2) is 0 Å². The summed E-state index contributed by atoms with van der Waals surface area (Å²) in [5.41, 5.74) is 6.95. The summed E-state index contributed by atoms with van der Waals surface area (Å²) in [6, 6.07) is 12.7. The first-order chi connectivity index (χ1) is 11.3. The van der Waals surface area contributed by atoms with Gasteiger partial charge in [0.05, 0.1) is 0 Å². The number of allylic oxidation sites excluding steroid dienone is 2. The van der Waals surface area contributed by atoms with Gasteiger partial charge in [0, 0.05) is 0 Å². The summed E-state index contributed by atoms with van der Waals surface area (Å²) >= 11 is -0.320. The van der Waals surface area contributed by atoms with Crippen LogP contribution in [-0.4, -0.2) is 29.4 Å². The number of hydrogen-bond donors (Lipinski definition) is 1. The molecule has 1 atom stereocenters. The molecule has 0 amide bonds. The SMILES string of the molecule is CC12C3=C[CH]=[Ge][C]1=Nc1cccc4nc5cccc(c5c2c14)N3. The number of nitrogens with one attached hydrogen (secondary N) is 1. The number of aliphatic imine (C=N–C) groups is 1. The molecule has 3 aromatic rings. The quantitative estimate of drug-likeness (QED) is 0.495. The van der Waals surface area contributed by atoms with Gasteiger partial charge in [-0.15, -0.1) is 0 Å². The summed E-state index contributed by atoms with van der Waals surface area (Å²) in [6.07, 6.45) is 2.28. The zero-order valence-electron chi connectivity index (χ0n) is 12.5. The van der Waals surface area contributed by atoms with Gasteiger partial charge < -0.3 is 0 Å². The van der Waals surface area contributed by atoms with Crippen LogP contribution in [0.5, 0.6) is 0 Å². The average molecular weight is 355 g/mol. The summed E-state index contributed by atoms with van der Waals surface area (Å²) in [6.45, 7) is 2.33. The van der Waals surface area contributed by atoms with Gasteiger partial charge in [-0.2, -0.15) is 0 Å². The average Bonchev–Trinajstić information content (AvgIpc) is 2.56. The molecule has 107 valence electrons. The summed E-state index contributed by atoms with van der Waals surface area (Å²) in [5.74, 6) is 0. The molecule has 3 nitrogen and oxygen atoms in total. The number of benzene rings is 2. The molecule has 0 bridgehead atoms. The van der Waals surface area contributed by atoms with Gasteiger partial charge in [0.15, 0.2) is 0 Å². The minimum atomic E-state index is -0.320. The van der Waals surface area contributed by atoms with Crippen molar-refractivity contribution in [2.75, 3.05) is 5.32 Å². The van der Waals surface area contributed by atoms with Crippen LogP contribution in [-0.2, 0) is 5.41 Å². The van der Waals surface area contributed by atoms with E-state index < -0.39 is 0 Å². The van der Waals surface area contributed by atoms with E-state index in [1.54, 1.807) is 0 Å². The Morgan fingerprint density at radius 3 is 2.78 bits per heavy atom. The van der Waals surface area contributed by atoms with E-state index in [1.165, 1.54) is 32.3 Å². The number of hydrogen-bond acceptors (Lipinski definition) is 3. The molecule has 0 saturated heterocycles. The third kappa shape index (κ3) is 1.28. The van der Waals surface area contributed by atoms with Crippen LogP contribution >= 0.6 is 0 Å². The van der Waals surface area contributed by atoms with E-state index in [0.29, 0.717) is 0 Å². The topological polar surface area (TPSA) is 37.3 Å². The van der Waals surface area contributed by atoms with Crippen molar-refractivity contribution in [2.45, 2.75) is 12.3 Å². The van der Waals surface area contributed by atoms with Gasteiger partial charge in [-0.3, -0.25) is 0 Å². The number of rotatable bonds is 0. The molecular formula is C19H12GeN3. The Morgan fingerprint density at radius 1 is 1.04 bits per heavy atom. The first-order valence-electron chi connectivity index (χ1n) is 7.79. The molecule has 4 heterocycles. The van der Waals surface area contributed by atoms with Crippen LogP contribution in [0.1, 0.15) is 12.5 Å². The molecule has 23 heavy (non-hydrogen) atoms. The first kappa shape index (κ1) is 12.2. The Bertz CT molecular complexity index is 1160. The van der Waals surface area contributed by atoms with Crippen LogP contribution in [0.2, 0.25) is 0 Å². The zero-order chi connectivity index (χ0) is 15.2. The van der Waals surface area contributed by atoms with Gasteiger partial charge in [-0.1, -0.05) is 0 Å². The molecule has 0 saturated carbocycles. The molecule has 3 aliphatic rings. The van der Waals surface area contributed by atoms with Crippen LogP contribution in [0.3, 0.4) is 0 Å². The normalized spacial score (nSPS) is 23.0. The third-order valence-corrected chi connectivity index (χ3v) is 7.84. The predicted octanol–water partition coefficient (Wildman–Crippen LogP) is 3.52. The zero-order valence-corrected chi connectivity index (χ0v) is 14.6. The van der Waals surface area contributed by atoms with Crippen molar-refractivity contribution in [3.05, 3.63) is 53.7 Å². The molecule has 3 aliphatic heterocycles. The molecule has 6 rings (SSSR count). The Balaban J connectivity index is 1.99. The second kappa shape index (κ2) is 3.79. The second-order valence-corrected chi connectivity index (χ2v) is 8.76. The Kier molecular flexibility index (Phi) is 2.01. The number of anilines is 1. The van der Waals surface area contributed by atoms with E-state index in [9.17, 15) is 0 Å². The van der Waals surface area contributed by atoms with Crippen LogP contribution in [0.15, 0.2) is 53.2 Å². The number of aromatic nitrogens is 1. The molecular weight excluding hydrogens is 343 g/mol. The van der Waals surface area contributed by atoms with Crippen molar-refractivity contribution in [3.8, 4) is 0 Å². The fraction of sp³-hybridized carbons (Fsp3) is 0.105. The van der Waals surface area contributed by atoms with Crippen molar-refractivity contribution < 1.29 is 0 Å². The number of pyridine rings is 1. The van der Waals surface area contributed by atoms with Gasteiger partial charge in [0.1, 0.15) is 0 Å². The van der Waals surface area contributed by atoms with Crippen molar-refractivity contribution in [3.63, 3.8) is 0 Å². The molecule has 0 fully saturated rings. The molecule has 4 heteroatoms. The first-order valence-corrected chi connectivity index (χ1v) is 10.1. The van der Waals surface area contributed by atoms with Crippen LogP contribution in [0, 0.1) is 0 Å². The fourth-order valence-electron chi connectivity index (χ4n) is 4.20. The third-order valence-electron chi connectivity index (χ3n) is 5.29. The summed E-state index contributed by atoms with van der Waals surface area (Å²) in [4.78, 5) is 12.3. The monoisotopic (exact) mass is 356 g/mol. The van der Waals surface area contributed by atoms with Crippen LogP contribution in [0.25, 0.3) is 21.8 Å². The molecule has 1 aromatic heterocycles. The van der Waals surface area contributed by atoms with E-state index in [-0.39, 0.29) is 20.4 Å². The molecule has 0 aliphatic carbocycles. The van der Waals surface area contributed by atoms with E-state index in [4.69, 9.17) is 9.98 Å². The maximum atomic E-state index is 5.06. The van der Waals surface area contributed by atoms with Gasteiger partial charge in [0.2, 0.25) is 0 Å². The molecule has 1 unspecified atom stereocenters. The maximum absolute atomic E-state index is 5.06. The van der Waals surface area contributed by atoms with E-state index in [2.05, 4.69) is 59.6 Å².